The molecule has 4 rings (SSSR count). The minimum absolute atomic E-state index is 0.0667. The lowest BCUT2D eigenvalue weighted by molar-refractivity contribution is -0.169. The summed E-state index contributed by atoms with van der Waals surface area (Å²) in [5, 5.41) is 9.20. The third-order valence-electron chi connectivity index (χ3n) is 11.1. The van der Waals surface area contributed by atoms with Gasteiger partial charge in [0.15, 0.2) is 11.6 Å². The molecule has 0 unspecified atom stereocenters. The number of hydrogen-bond acceptors (Lipinski definition) is 5. The molecule has 4 aliphatic rings. The van der Waals surface area contributed by atoms with E-state index in [1.54, 1.807) is 0 Å². The summed E-state index contributed by atoms with van der Waals surface area (Å²) in [5.74, 6) is -0.602. The standard InChI is InChI=1S/C29H42O6/c1-16(8-9-23(33)34)18-10-13-28(6)25-19(31)14-21-26(3,4)22(35-17(2)30)11-12-27(21,5)24(25)20(32)15-29(18,28)7/h16,18,21-22H,8-15H2,1-7H3,(H,33,34)/t16-,18+,21+,22+,27-,28-,29+/m0/s1. The number of ether oxygens (including phenoxy) is 1. The van der Waals surface area contributed by atoms with Crippen LogP contribution in [0.2, 0.25) is 0 Å². The zero-order valence-electron chi connectivity index (χ0n) is 22.5. The Balaban J connectivity index is 1.77. The first-order valence-corrected chi connectivity index (χ1v) is 13.3. The van der Waals surface area contributed by atoms with Crippen LogP contribution < -0.4 is 0 Å². The van der Waals surface area contributed by atoms with Gasteiger partial charge >= 0.3 is 11.9 Å². The molecule has 6 nitrogen and oxygen atoms in total. The summed E-state index contributed by atoms with van der Waals surface area (Å²) < 4.78 is 5.69. The molecule has 2 saturated carbocycles. The van der Waals surface area contributed by atoms with Crippen molar-refractivity contribution in [2.45, 2.75) is 106 Å². The third-order valence-corrected chi connectivity index (χ3v) is 11.1. The number of aliphatic carboxylic acids is 1. The van der Waals surface area contributed by atoms with Gasteiger partial charge in [0.05, 0.1) is 0 Å². The highest BCUT2D eigenvalue weighted by Gasteiger charge is 2.67. The van der Waals surface area contributed by atoms with Gasteiger partial charge in [0.2, 0.25) is 0 Å². The number of carboxylic acids is 1. The van der Waals surface area contributed by atoms with Crippen molar-refractivity contribution in [3.8, 4) is 0 Å². The second-order valence-electron chi connectivity index (χ2n) is 13.2. The Morgan fingerprint density at radius 1 is 1.03 bits per heavy atom. The van der Waals surface area contributed by atoms with Crippen LogP contribution in [-0.2, 0) is 23.9 Å². The van der Waals surface area contributed by atoms with Crippen LogP contribution in [0.5, 0.6) is 0 Å². The Labute approximate surface area is 209 Å². The molecule has 2 fully saturated rings. The maximum atomic E-state index is 14.0. The molecule has 0 heterocycles. The van der Waals surface area contributed by atoms with Crippen LogP contribution >= 0.6 is 0 Å². The molecule has 0 aromatic carbocycles. The minimum atomic E-state index is -0.791. The Kier molecular flexibility index (Phi) is 6.17. The Bertz CT molecular complexity index is 1010. The van der Waals surface area contributed by atoms with Gasteiger partial charge in [0.1, 0.15) is 6.10 Å². The van der Waals surface area contributed by atoms with Crippen molar-refractivity contribution in [3.63, 3.8) is 0 Å². The fourth-order valence-corrected chi connectivity index (χ4v) is 9.06. The van der Waals surface area contributed by atoms with Crippen LogP contribution in [0.25, 0.3) is 0 Å². The van der Waals surface area contributed by atoms with E-state index in [9.17, 15) is 24.3 Å². The first-order valence-electron chi connectivity index (χ1n) is 13.3. The van der Waals surface area contributed by atoms with E-state index in [0.29, 0.717) is 25.7 Å². The fourth-order valence-electron chi connectivity index (χ4n) is 9.06. The largest absolute Gasteiger partial charge is 0.481 e. The number of Topliss-reactive ketones (excluding diaryl/α,β-unsaturated/α-hetero) is 2. The number of esters is 1. The van der Waals surface area contributed by atoms with Crippen LogP contribution in [0.4, 0.5) is 0 Å². The lowest BCUT2D eigenvalue weighted by Gasteiger charge is -2.60. The summed E-state index contributed by atoms with van der Waals surface area (Å²) in [7, 11) is 0. The first kappa shape index (κ1) is 26.1. The number of rotatable bonds is 5. The van der Waals surface area contributed by atoms with E-state index in [1.807, 2.05) is 0 Å². The maximum absolute atomic E-state index is 14.0. The highest BCUT2D eigenvalue weighted by Crippen LogP contribution is 2.71. The number of carbonyl (C=O) groups is 4. The van der Waals surface area contributed by atoms with E-state index in [-0.39, 0.29) is 58.6 Å². The van der Waals surface area contributed by atoms with Crippen LogP contribution in [0, 0.1) is 39.4 Å². The summed E-state index contributed by atoms with van der Waals surface area (Å²) in [6.07, 6.45) is 4.40. The van der Waals surface area contributed by atoms with E-state index in [0.717, 1.165) is 30.4 Å². The molecule has 35 heavy (non-hydrogen) atoms. The predicted octanol–water partition coefficient (Wildman–Crippen LogP) is 5.53. The van der Waals surface area contributed by atoms with Gasteiger partial charge in [-0.1, -0.05) is 41.5 Å². The van der Waals surface area contributed by atoms with E-state index < -0.39 is 16.8 Å². The normalized spacial score (nSPS) is 41.1. The number of carboxylic acid groups (broad SMARTS) is 1. The molecule has 0 spiro atoms. The zero-order valence-corrected chi connectivity index (χ0v) is 22.5. The van der Waals surface area contributed by atoms with Crippen molar-refractivity contribution in [1.29, 1.82) is 0 Å². The van der Waals surface area contributed by atoms with Crippen LogP contribution in [0.3, 0.4) is 0 Å². The lowest BCUT2D eigenvalue weighted by atomic mass is 9.42. The van der Waals surface area contributed by atoms with Crippen molar-refractivity contribution in [2.24, 2.45) is 39.4 Å². The monoisotopic (exact) mass is 486 g/mol. The molecule has 0 amide bonds. The molecule has 1 N–H and O–H groups in total. The summed E-state index contributed by atoms with van der Waals surface area (Å²) in [4.78, 5) is 51.0. The van der Waals surface area contributed by atoms with Gasteiger partial charge in [0.25, 0.3) is 0 Å². The van der Waals surface area contributed by atoms with Crippen molar-refractivity contribution >= 4 is 23.5 Å². The van der Waals surface area contributed by atoms with E-state index in [4.69, 9.17) is 4.74 Å². The maximum Gasteiger partial charge on any atom is 0.303 e. The molecule has 0 aromatic heterocycles. The summed E-state index contributed by atoms with van der Waals surface area (Å²) in [6, 6.07) is 0. The van der Waals surface area contributed by atoms with E-state index >= 15 is 0 Å². The number of fused-ring (bicyclic) bond motifs is 4. The number of hydrogen-bond donors (Lipinski definition) is 1. The topological polar surface area (TPSA) is 97.7 Å². The highest BCUT2D eigenvalue weighted by atomic mass is 16.5. The molecule has 0 radical (unpaired) electrons. The smallest absolute Gasteiger partial charge is 0.303 e. The SMILES string of the molecule is CC(=O)O[C@@H]1CC[C@]2(C)C3=C(C(=O)C[C@@H]2C1(C)C)[C@]1(C)CC[C@H]([C@@H](C)CCC(=O)O)[C@@]1(C)CC3=O. The Morgan fingerprint density at radius 3 is 2.29 bits per heavy atom. The molecule has 6 heteroatoms. The second kappa shape index (κ2) is 8.27. The van der Waals surface area contributed by atoms with Crippen molar-refractivity contribution in [1.82, 2.24) is 0 Å². The molecule has 0 aromatic rings. The molecule has 0 aliphatic heterocycles. The number of carbonyl (C=O) groups excluding carboxylic acids is 3. The van der Waals surface area contributed by atoms with E-state index in [2.05, 4.69) is 41.5 Å². The highest BCUT2D eigenvalue weighted by molar-refractivity contribution is 6.11. The molecular formula is C29H42O6. The fraction of sp³-hybridized carbons (Fsp3) is 0.793. The molecule has 194 valence electrons. The Morgan fingerprint density at radius 2 is 1.69 bits per heavy atom. The van der Waals surface area contributed by atoms with Gasteiger partial charge < -0.3 is 9.84 Å². The van der Waals surface area contributed by atoms with Gasteiger partial charge in [-0.2, -0.15) is 0 Å². The van der Waals surface area contributed by atoms with E-state index in [1.165, 1.54) is 6.92 Å². The van der Waals surface area contributed by atoms with Gasteiger partial charge in [-0.3, -0.25) is 19.2 Å². The predicted molar refractivity (Wildman–Crippen MR) is 131 cm³/mol. The first-order chi connectivity index (χ1) is 16.1. The van der Waals surface area contributed by atoms with Crippen molar-refractivity contribution < 1.29 is 29.0 Å². The van der Waals surface area contributed by atoms with Crippen molar-refractivity contribution in [2.75, 3.05) is 0 Å². The quantitative estimate of drug-likeness (QED) is 0.513. The number of allylic oxidation sites excluding steroid dienone is 2. The van der Waals surface area contributed by atoms with Crippen molar-refractivity contribution in [3.05, 3.63) is 11.1 Å². The van der Waals surface area contributed by atoms with Crippen LogP contribution in [0.15, 0.2) is 11.1 Å². The minimum Gasteiger partial charge on any atom is -0.481 e. The molecule has 7 atom stereocenters. The average Bonchev–Trinajstić information content (AvgIpc) is 3.00. The summed E-state index contributed by atoms with van der Waals surface area (Å²) >= 11 is 0. The van der Waals surface area contributed by atoms with Gasteiger partial charge in [0, 0.05) is 53.6 Å². The van der Waals surface area contributed by atoms with Crippen LogP contribution in [0.1, 0.15) is 99.8 Å². The lowest BCUT2D eigenvalue weighted by Crippen LogP contribution is -2.59. The molecule has 4 aliphatic carbocycles. The zero-order chi connectivity index (χ0) is 26.1. The van der Waals surface area contributed by atoms with Gasteiger partial charge in [-0.05, 0) is 55.3 Å². The van der Waals surface area contributed by atoms with Gasteiger partial charge in [-0.15, -0.1) is 0 Å². The summed E-state index contributed by atoms with van der Waals surface area (Å²) in [5.41, 5.74) is -0.0581. The molecule has 0 saturated heterocycles. The summed E-state index contributed by atoms with van der Waals surface area (Å²) in [6.45, 7) is 14.2. The average molecular weight is 487 g/mol. The van der Waals surface area contributed by atoms with Gasteiger partial charge in [-0.25, -0.2) is 0 Å². The second-order valence-corrected chi connectivity index (χ2v) is 13.2. The molecule has 0 bridgehead atoms. The number of ketones is 2. The Hall–Kier alpha value is -1.98. The third kappa shape index (κ3) is 3.64. The van der Waals surface area contributed by atoms with Crippen LogP contribution in [-0.4, -0.2) is 34.7 Å². The molecular weight excluding hydrogens is 444 g/mol.